The number of carboxylic acids is 1. The second-order valence-corrected chi connectivity index (χ2v) is 6.78. The van der Waals surface area contributed by atoms with Crippen LogP contribution >= 0.6 is 0 Å². The van der Waals surface area contributed by atoms with Gasteiger partial charge in [0.1, 0.15) is 0 Å². The Labute approximate surface area is 119 Å². The van der Waals surface area contributed by atoms with Crippen molar-refractivity contribution in [1.82, 2.24) is 5.32 Å². The third-order valence-electron chi connectivity index (χ3n) is 6.16. The molecule has 106 valence electrons. The molecule has 1 heterocycles. The quantitative estimate of drug-likeness (QED) is 0.822. The largest absolute Gasteiger partial charge is 0.481 e. The minimum Gasteiger partial charge on any atom is -0.481 e. The van der Waals surface area contributed by atoms with Gasteiger partial charge < -0.3 is 10.4 Å². The van der Waals surface area contributed by atoms with Crippen LogP contribution in [-0.4, -0.2) is 24.2 Å². The summed E-state index contributed by atoms with van der Waals surface area (Å²) < 4.78 is 0. The van der Waals surface area contributed by atoms with Crippen molar-refractivity contribution in [3.8, 4) is 0 Å². The average molecular weight is 271 g/mol. The molecule has 3 aliphatic rings. The van der Waals surface area contributed by atoms with Crippen LogP contribution in [-0.2, 0) is 17.6 Å². The molecule has 2 fully saturated rings. The summed E-state index contributed by atoms with van der Waals surface area (Å²) in [4.78, 5) is 11.7. The maximum atomic E-state index is 11.7. The Bertz CT molecular complexity index is 521. The molecule has 0 amide bonds. The number of hydrogen-bond acceptors (Lipinski definition) is 2. The van der Waals surface area contributed by atoms with Gasteiger partial charge in [0.2, 0.25) is 0 Å². The fourth-order valence-corrected chi connectivity index (χ4v) is 5.27. The number of benzene rings is 1. The number of hydrogen-bond donors (Lipinski definition) is 2. The molecule has 0 radical (unpaired) electrons. The summed E-state index contributed by atoms with van der Waals surface area (Å²) in [5.74, 6) is 0.270. The molecule has 20 heavy (non-hydrogen) atoms. The lowest BCUT2D eigenvalue weighted by Gasteiger charge is -2.38. The summed E-state index contributed by atoms with van der Waals surface area (Å²) in [5, 5.41) is 13.1. The first-order valence-corrected chi connectivity index (χ1v) is 7.72. The van der Waals surface area contributed by atoms with E-state index in [9.17, 15) is 9.90 Å². The lowest BCUT2D eigenvalue weighted by atomic mass is 9.64. The first-order chi connectivity index (χ1) is 9.72. The normalized spacial score (nSPS) is 38.7. The molecule has 3 heteroatoms. The summed E-state index contributed by atoms with van der Waals surface area (Å²) >= 11 is 0. The topological polar surface area (TPSA) is 49.3 Å². The minimum atomic E-state index is -0.599. The molecule has 3 nitrogen and oxygen atoms in total. The fraction of sp³-hybridized carbons (Fsp3) is 0.588. The highest BCUT2D eigenvalue weighted by molar-refractivity contribution is 5.72. The van der Waals surface area contributed by atoms with Crippen molar-refractivity contribution >= 4 is 5.97 Å². The van der Waals surface area contributed by atoms with E-state index >= 15 is 0 Å². The van der Waals surface area contributed by atoms with Crippen molar-refractivity contribution < 1.29 is 9.90 Å². The highest BCUT2D eigenvalue weighted by Crippen LogP contribution is 2.58. The summed E-state index contributed by atoms with van der Waals surface area (Å²) in [6.07, 6.45) is 4.53. The van der Waals surface area contributed by atoms with E-state index in [-0.39, 0.29) is 11.3 Å². The Morgan fingerprint density at radius 3 is 2.30 bits per heavy atom. The van der Waals surface area contributed by atoms with E-state index < -0.39 is 5.97 Å². The van der Waals surface area contributed by atoms with Gasteiger partial charge in [0, 0.05) is 18.5 Å². The van der Waals surface area contributed by atoms with E-state index in [1.807, 2.05) is 0 Å². The van der Waals surface area contributed by atoms with E-state index in [0.717, 1.165) is 19.4 Å². The van der Waals surface area contributed by atoms with Crippen molar-refractivity contribution in [2.75, 3.05) is 13.1 Å². The van der Waals surface area contributed by atoms with Gasteiger partial charge in [-0.05, 0) is 48.6 Å². The maximum absolute atomic E-state index is 11.7. The smallest absolute Gasteiger partial charge is 0.308 e. The van der Waals surface area contributed by atoms with E-state index in [4.69, 9.17) is 0 Å². The third-order valence-corrected chi connectivity index (χ3v) is 6.16. The van der Waals surface area contributed by atoms with Crippen molar-refractivity contribution in [1.29, 1.82) is 0 Å². The lowest BCUT2D eigenvalue weighted by Crippen LogP contribution is -2.43. The first-order valence-electron chi connectivity index (χ1n) is 7.72. The van der Waals surface area contributed by atoms with Gasteiger partial charge in [0.05, 0.1) is 5.92 Å². The van der Waals surface area contributed by atoms with E-state index in [2.05, 4.69) is 29.6 Å². The molecule has 3 atom stereocenters. The summed E-state index contributed by atoms with van der Waals surface area (Å²) in [7, 11) is 0. The molecule has 1 aromatic rings. The molecular formula is C17H21NO2. The van der Waals surface area contributed by atoms with Crippen LogP contribution in [0.25, 0.3) is 0 Å². The van der Waals surface area contributed by atoms with Gasteiger partial charge in [-0.3, -0.25) is 4.79 Å². The Kier molecular flexibility index (Phi) is 2.68. The highest BCUT2D eigenvalue weighted by Gasteiger charge is 2.59. The molecule has 1 spiro atoms. The second-order valence-electron chi connectivity index (χ2n) is 6.78. The van der Waals surface area contributed by atoms with E-state index in [1.54, 1.807) is 0 Å². The van der Waals surface area contributed by atoms with Gasteiger partial charge in [0.15, 0.2) is 0 Å². The molecule has 1 saturated heterocycles. The van der Waals surface area contributed by atoms with Crippen molar-refractivity contribution in [2.45, 2.75) is 25.7 Å². The molecule has 1 aromatic carbocycles. The van der Waals surface area contributed by atoms with Crippen LogP contribution in [0.2, 0.25) is 0 Å². The molecule has 1 saturated carbocycles. The van der Waals surface area contributed by atoms with Crippen molar-refractivity contribution in [3.63, 3.8) is 0 Å². The van der Waals surface area contributed by atoms with E-state index in [1.165, 1.54) is 24.0 Å². The summed E-state index contributed by atoms with van der Waals surface area (Å²) in [5.41, 5.74) is 2.90. The highest BCUT2D eigenvalue weighted by atomic mass is 16.4. The molecule has 2 aliphatic carbocycles. The standard InChI is InChI=1S/C17H21NO2/c19-16(20)15-9-18-10-17(15)13-5-6-14(17)8-12-4-2-1-3-11(12)7-13/h1-4,13-15,18H,5-10H2,(H,19,20). The van der Waals surface area contributed by atoms with Crippen LogP contribution in [0.5, 0.6) is 0 Å². The zero-order chi connectivity index (χ0) is 13.7. The Hall–Kier alpha value is -1.35. The number of nitrogens with one attached hydrogen (secondary N) is 1. The summed E-state index contributed by atoms with van der Waals surface area (Å²) in [6, 6.07) is 8.71. The third kappa shape index (κ3) is 1.53. The van der Waals surface area contributed by atoms with Crippen molar-refractivity contribution in [2.24, 2.45) is 23.2 Å². The molecule has 4 rings (SSSR count). The van der Waals surface area contributed by atoms with Crippen LogP contribution in [0.3, 0.4) is 0 Å². The predicted molar refractivity (Wildman–Crippen MR) is 76.5 cm³/mol. The van der Waals surface area contributed by atoms with Crippen LogP contribution < -0.4 is 5.32 Å². The van der Waals surface area contributed by atoms with Gasteiger partial charge in [-0.1, -0.05) is 24.3 Å². The number of aliphatic carboxylic acids is 1. The number of rotatable bonds is 1. The van der Waals surface area contributed by atoms with Gasteiger partial charge >= 0.3 is 5.97 Å². The lowest BCUT2D eigenvalue weighted by molar-refractivity contribution is -0.146. The zero-order valence-corrected chi connectivity index (χ0v) is 11.6. The maximum Gasteiger partial charge on any atom is 0.308 e. The number of carboxylic acid groups (broad SMARTS) is 1. The van der Waals surface area contributed by atoms with Gasteiger partial charge in [-0.2, -0.15) is 0 Å². The van der Waals surface area contributed by atoms with Gasteiger partial charge in [-0.25, -0.2) is 0 Å². The van der Waals surface area contributed by atoms with Crippen LogP contribution in [0, 0.1) is 23.2 Å². The minimum absolute atomic E-state index is 0.00907. The van der Waals surface area contributed by atoms with E-state index in [0.29, 0.717) is 18.4 Å². The molecule has 1 aliphatic heterocycles. The molecule has 0 aromatic heterocycles. The zero-order valence-electron chi connectivity index (χ0n) is 11.6. The van der Waals surface area contributed by atoms with Crippen LogP contribution in [0.4, 0.5) is 0 Å². The van der Waals surface area contributed by atoms with Gasteiger partial charge in [0.25, 0.3) is 0 Å². The monoisotopic (exact) mass is 271 g/mol. The second kappa shape index (κ2) is 4.32. The molecule has 3 unspecified atom stereocenters. The predicted octanol–water partition coefficient (Wildman–Crippen LogP) is 2.10. The molecule has 2 N–H and O–H groups in total. The first kappa shape index (κ1) is 12.4. The Morgan fingerprint density at radius 1 is 1.15 bits per heavy atom. The summed E-state index contributed by atoms with van der Waals surface area (Å²) in [6.45, 7) is 1.55. The SMILES string of the molecule is O=C(O)C1CNCC12C1CCC2Cc2ccccc2C1. The Morgan fingerprint density at radius 2 is 1.75 bits per heavy atom. The van der Waals surface area contributed by atoms with Gasteiger partial charge in [-0.15, -0.1) is 0 Å². The molecular weight excluding hydrogens is 250 g/mol. The fourth-order valence-electron chi connectivity index (χ4n) is 5.27. The molecule has 2 bridgehead atoms. The van der Waals surface area contributed by atoms with Crippen molar-refractivity contribution in [3.05, 3.63) is 35.4 Å². The van der Waals surface area contributed by atoms with Crippen LogP contribution in [0.15, 0.2) is 24.3 Å². The number of carbonyl (C=O) groups is 1. The average Bonchev–Trinajstić information content (AvgIpc) is 2.94. The Balaban J connectivity index is 1.79. The van der Waals surface area contributed by atoms with Crippen LogP contribution in [0.1, 0.15) is 24.0 Å². The number of fused-ring (bicyclic) bond motifs is 1.